The number of allylic oxidation sites excluding steroid dienone is 1. The second-order valence-corrected chi connectivity index (χ2v) is 7.69. The molecule has 0 amide bonds. The van der Waals surface area contributed by atoms with Crippen LogP contribution in [0.3, 0.4) is 0 Å². The lowest BCUT2D eigenvalue weighted by Crippen LogP contribution is -2.36. The number of aryl methyl sites for hydroxylation is 1. The Balaban J connectivity index is 1.69. The summed E-state index contributed by atoms with van der Waals surface area (Å²) in [7, 11) is 0. The number of aromatic nitrogens is 2. The number of rotatable bonds is 4. The number of amidine groups is 1. The van der Waals surface area contributed by atoms with E-state index >= 15 is 0 Å². The monoisotopic (exact) mass is 394 g/mol. The first-order valence-corrected chi connectivity index (χ1v) is 9.73. The first-order chi connectivity index (χ1) is 13.9. The molecule has 0 bridgehead atoms. The number of nitrogens with two attached hydrogens (primary N) is 1. The zero-order valence-electron chi connectivity index (χ0n) is 16.5. The molecule has 0 saturated carbocycles. The lowest BCUT2D eigenvalue weighted by atomic mass is 9.77. The molecule has 1 aliphatic heterocycles. The van der Waals surface area contributed by atoms with Crippen LogP contribution < -0.4 is 5.73 Å². The number of ether oxygens (including phenoxy) is 1. The quantitative estimate of drug-likeness (QED) is 0.798. The van der Waals surface area contributed by atoms with E-state index < -0.39 is 5.54 Å². The van der Waals surface area contributed by atoms with Gasteiger partial charge in [0.05, 0.1) is 11.9 Å². The Morgan fingerprint density at radius 2 is 2.03 bits per heavy atom. The molecule has 150 valence electrons. The lowest BCUT2D eigenvalue weighted by Gasteiger charge is -2.37. The van der Waals surface area contributed by atoms with E-state index in [1.54, 1.807) is 18.3 Å². The molecule has 29 heavy (non-hydrogen) atoms. The first-order valence-electron chi connectivity index (χ1n) is 9.73. The lowest BCUT2D eigenvalue weighted by molar-refractivity contribution is 0.0987. The van der Waals surface area contributed by atoms with Gasteiger partial charge >= 0.3 is 0 Å². The molecule has 6 nitrogen and oxygen atoms in total. The van der Waals surface area contributed by atoms with Gasteiger partial charge in [-0.1, -0.05) is 6.07 Å². The molecule has 1 aromatic heterocycles. The Morgan fingerprint density at radius 1 is 1.24 bits per heavy atom. The Kier molecular flexibility index (Phi) is 4.90. The molecule has 2 heterocycles. The predicted octanol–water partition coefficient (Wildman–Crippen LogP) is 3.74. The summed E-state index contributed by atoms with van der Waals surface area (Å²) in [6.07, 6.45) is 6.68. The third-order valence-electron chi connectivity index (χ3n) is 5.55. The van der Waals surface area contributed by atoms with E-state index in [1.165, 1.54) is 12.3 Å². The molecule has 1 aliphatic carbocycles. The number of nitrogens with zero attached hydrogens (tertiary/aromatic N) is 3. The molecular formula is C22H23FN4O2. The van der Waals surface area contributed by atoms with Gasteiger partial charge in [0.25, 0.3) is 6.02 Å². The average Bonchev–Trinajstić information content (AvgIpc) is 2.69. The molecular weight excluding hydrogens is 371 g/mol. The fourth-order valence-electron chi connectivity index (χ4n) is 4.03. The summed E-state index contributed by atoms with van der Waals surface area (Å²) in [6.45, 7) is 3.67. The van der Waals surface area contributed by atoms with Crippen LogP contribution >= 0.6 is 0 Å². The van der Waals surface area contributed by atoms with Crippen molar-refractivity contribution in [3.05, 3.63) is 70.3 Å². The molecule has 0 fully saturated rings. The predicted molar refractivity (Wildman–Crippen MR) is 107 cm³/mol. The molecule has 0 saturated heterocycles. The van der Waals surface area contributed by atoms with Crippen molar-refractivity contribution in [2.75, 3.05) is 0 Å². The fourth-order valence-corrected chi connectivity index (χ4v) is 4.03. The van der Waals surface area contributed by atoms with Gasteiger partial charge in [0, 0.05) is 30.2 Å². The molecule has 0 spiro atoms. The van der Waals surface area contributed by atoms with Gasteiger partial charge in [-0.2, -0.15) is 0 Å². The molecule has 4 rings (SSSR count). The maximum atomic E-state index is 14.9. The Bertz CT molecular complexity index is 1030. The van der Waals surface area contributed by atoms with Gasteiger partial charge in [0.2, 0.25) is 0 Å². The smallest absolute Gasteiger partial charge is 0.288 e. The number of hydrogen-bond acceptors (Lipinski definition) is 6. The van der Waals surface area contributed by atoms with E-state index in [1.807, 2.05) is 13.8 Å². The molecule has 2 N–H and O–H groups in total. The second-order valence-electron chi connectivity index (χ2n) is 7.69. The van der Waals surface area contributed by atoms with Crippen LogP contribution in [0.2, 0.25) is 0 Å². The highest BCUT2D eigenvalue weighted by Gasteiger charge is 2.40. The molecule has 1 atom stereocenters. The van der Waals surface area contributed by atoms with E-state index in [0.29, 0.717) is 16.8 Å². The van der Waals surface area contributed by atoms with Crippen molar-refractivity contribution >= 4 is 11.8 Å². The van der Waals surface area contributed by atoms with Gasteiger partial charge in [-0.05, 0) is 50.8 Å². The summed E-state index contributed by atoms with van der Waals surface area (Å²) in [6, 6.07) is 4.75. The van der Waals surface area contributed by atoms with Crippen LogP contribution in [0.25, 0.3) is 0 Å². The van der Waals surface area contributed by atoms with Gasteiger partial charge < -0.3 is 10.5 Å². The van der Waals surface area contributed by atoms with Crippen LogP contribution in [0, 0.1) is 12.7 Å². The van der Waals surface area contributed by atoms with Crippen molar-refractivity contribution in [3.8, 4) is 0 Å². The number of carbonyl (C=O) groups is 1. The van der Waals surface area contributed by atoms with Crippen LogP contribution in [-0.4, -0.2) is 21.8 Å². The van der Waals surface area contributed by atoms with E-state index in [0.717, 1.165) is 42.7 Å². The van der Waals surface area contributed by atoms with Crippen molar-refractivity contribution in [2.45, 2.75) is 51.5 Å². The minimum atomic E-state index is -0.940. The van der Waals surface area contributed by atoms with Crippen LogP contribution in [-0.2, 0) is 16.7 Å². The highest BCUT2D eigenvalue weighted by molar-refractivity contribution is 5.95. The summed E-state index contributed by atoms with van der Waals surface area (Å²) in [4.78, 5) is 25.3. The van der Waals surface area contributed by atoms with E-state index in [4.69, 9.17) is 10.5 Å². The SMILES string of the molecule is Cc1cnc(C(=O)Cc2ccc(F)c([C@@]3(C)N=C(N)OC4=C3CCCC4)c2)cn1. The zero-order valence-corrected chi connectivity index (χ0v) is 16.5. The number of hydrogen-bond donors (Lipinski definition) is 1. The standard InChI is InChI=1S/C22H23FN4O2/c1-13-11-26-18(12-25-13)19(28)10-14-7-8-17(23)16(9-14)22(2)15-5-3-4-6-20(15)29-21(24)27-22/h7-9,11-12H,3-6,10H2,1-2H3,(H2,24,27)/t22-/m0/s1. The van der Waals surface area contributed by atoms with Gasteiger partial charge in [0.15, 0.2) is 5.78 Å². The van der Waals surface area contributed by atoms with Crippen molar-refractivity contribution < 1.29 is 13.9 Å². The van der Waals surface area contributed by atoms with E-state index in [-0.39, 0.29) is 24.0 Å². The van der Waals surface area contributed by atoms with Crippen molar-refractivity contribution in [2.24, 2.45) is 10.7 Å². The number of benzene rings is 1. The molecule has 2 aliphatic rings. The Morgan fingerprint density at radius 3 is 2.79 bits per heavy atom. The van der Waals surface area contributed by atoms with Crippen molar-refractivity contribution in [1.29, 1.82) is 0 Å². The van der Waals surface area contributed by atoms with E-state index in [9.17, 15) is 9.18 Å². The third kappa shape index (κ3) is 3.64. The normalized spacial score (nSPS) is 21.3. The fraction of sp³-hybridized carbons (Fsp3) is 0.364. The summed E-state index contributed by atoms with van der Waals surface area (Å²) >= 11 is 0. The first kappa shape index (κ1) is 19.2. The number of Topliss-reactive ketones (excluding diaryl/α,β-unsaturated/α-hetero) is 1. The number of aliphatic imine (C=N–C) groups is 1. The Labute approximate surface area is 168 Å². The maximum Gasteiger partial charge on any atom is 0.288 e. The van der Waals surface area contributed by atoms with Crippen molar-refractivity contribution in [3.63, 3.8) is 0 Å². The minimum absolute atomic E-state index is 0.0453. The zero-order chi connectivity index (χ0) is 20.6. The van der Waals surface area contributed by atoms with Crippen LogP contribution in [0.4, 0.5) is 4.39 Å². The number of carbonyl (C=O) groups excluding carboxylic acids is 1. The van der Waals surface area contributed by atoms with Gasteiger partial charge in [-0.15, -0.1) is 0 Å². The minimum Gasteiger partial charge on any atom is -0.431 e. The van der Waals surface area contributed by atoms with Gasteiger partial charge in [-0.3, -0.25) is 9.78 Å². The molecule has 7 heteroatoms. The summed E-state index contributed by atoms with van der Waals surface area (Å²) in [5.41, 5.74) is 8.06. The van der Waals surface area contributed by atoms with Crippen LogP contribution in [0.5, 0.6) is 0 Å². The topological polar surface area (TPSA) is 90.5 Å². The summed E-state index contributed by atoms with van der Waals surface area (Å²) < 4.78 is 20.5. The number of ketones is 1. The van der Waals surface area contributed by atoms with E-state index in [2.05, 4.69) is 15.0 Å². The number of halogens is 1. The maximum absolute atomic E-state index is 14.9. The molecule has 2 aromatic rings. The highest BCUT2D eigenvalue weighted by Crippen LogP contribution is 2.45. The summed E-state index contributed by atoms with van der Waals surface area (Å²) in [5, 5.41) is 0. The second kappa shape index (κ2) is 7.39. The molecule has 0 radical (unpaired) electrons. The summed E-state index contributed by atoms with van der Waals surface area (Å²) in [5.74, 6) is 0.240. The van der Waals surface area contributed by atoms with Crippen molar-refractivity contribution in [1.82, 2.24) is 9.97 Å². The van der Waals surface area contributed by atoms with Gasteiger partial charge in [-0.25, -0.2) is 14.4 Å². The molecule has 0 unspecified atom stereocenters. The van der Waals surface area contributed by atoms with Crippen LogP contribution in [0.15, 0.2) is 46.9 Å². The molecule has 1 aromatic carbocycles. The van der Waals surface area contributed by atoms with Gasteiger partial charge in [0.1, 0.15) is 22.8 Å². The average molecular weight is 394 g/mol. The Hall–Kier alpha value is -3.09. The largest absolute Gasteiger partial charge is 0.431 e. The highest BCUT2D eigenvalue weighted by atomic mass is 19.1. The van der Waals surface area contributed by atoms with Crippen LogP contribution in [0.1, 0.15) is 59.9 Å². The third-order valence-corrected chi connectivity index (χ3v) is 5.55.